The van der Waals surface area contributed by atoms with Crippen molar-refractivity contribution in [3.05, 3.63) is 17.7 Å². The predicted octanol–water partition coefficient (Wildman–Crippen LogP) is 3.02. The Hall–Kier alpha value is -1.76. The van der Waals surface area contributed by atoms with Crippen molar-refractivity contribution in [2.75, 3.05) is 6.54 Å². The van der Waals surface area contributed by atoms with Crippen LogP contribution in [0, 0.1) is 5.92 Å². The maximum atomic E-state index is 12.5. The highest BCUT2D eigenvalue weighted by Crippen LogP contribution is 2.35. The van der Waals surface area contributed by atoms with Crippen LogP contribution in [-0.4, -0.2) is 43.8 Å². The number of aryl methyl sites for hydroxylation is 1. The highest BCUT2D eigenvalue weighted by molar-refractivity contribution is 5.85. The second kappa shape index (κ2) is 7.23. The molecular formula is C17H26ClN3O4. The third-order valence-electron chi connectivity index (χ3n) is 4.65. The Balaban J connectivity index is 0.00000225. The van der Waals surface area contributed by atoms with E-state index in [1.807, 2.05) is 31.5 Å². The first-order chi connectivity index (χ1) is 11.3. The van der Waals surface area contributed by atoms with Gasteiger partial charge >= 0.3 is 12.1 Å². The van der Waals surface area contributed by atoms with E-state index in [0.29, 0.717) is 25.9 Å². The largest absolute Gasteiger partial charge is 0.481 e. The van der Waals surface area contributed by atoms with Gasteiger partial charge in [0.25, 0.3) is 0 Å². The summed E-state index contributed by atoms with van der Waals surface area (Å²) < 4.78 is 7.50. The molecule has 140 valence electrons. The van der Waals surface area contributed by atoms with Gasteiger partial charge in [-0.15, -0.1) is 12.4 Å². The van der Waals surface area contributed by atoms with E-state index in [1.165, 1.54) is 0 Å². The van der Waals surface area contributed by atoms with E-state index in [0.717, 1.165) is 24.4 Å². The number of carbonyl (C=O) groups excluding carboxylic acids is 1. The van der Waals surface area contributed by atoms with Crippen LogP contribution in [0.25, 0.3) is 0 Å². The quantitative estimate of drug-likeness (QED) is 0.863. The number of imidazole rings is 1. The predicted molar refractivity (Wildman–Crippen MR) is 93.8 cm³/mol. The van der Waals surface area contributed by atoms with E-state index in [1.54, 1.807) is 4.90 Å². The average Bonchev–Trinajstić information content (AvgIpc) is 3.10. The van der Waals surface area contributed by atoms with Gasteiger partial charge in [0.2, 0.25) is 0 Å². The number of rotatable bonds is 2. The number of fused-ring (bicyclic) bond motifs is 1. The van der Waals surface area contributed by atoms with Crippen molar-refractivity contribution in [2.45, 2.75) is 64.6 Å². The van der Waals surface area contributed by atoms with E-state index >= 15 is 0 Å². The van der Waals surface area contributed by atoms with Crippen molar-refractivity contribution >= 4 is 24.5 Å². The molecule has 25 heavy (non-hydrogen) atoms. The molecule has 8 heteroatoms. The molecule has 1 aromatic heterocycles. The van der Waals surface area contributed by atoms with Gasteiger partial charge in [-0.3, -0.25) is 9.69 Å². The number of nitrogens with zero attached hydrogens (tertiary/aromatic N) is 3. The molecule has 0 bridgehead atoms. The molecule has 2 unspecified atom stereocenters. The fourth-order valence-electron chi connectivity index (χ4n) is 3.51. The van der Waals surface area contributed by atoms with Gasteiger partial charge in [-0.05, 0) is 46.5 Å². The van der Waals surface area contributed by atoms with Crippen LogP contribution in [0.15, 0.2) is 6.20 Å². The van der Waals surface area contributed by atoms with Gasteiger partial charge in [0, 0.05) is 25.0 Å². The first-order valence-electron chi connectivity index (χ1n) is 8.53. The van der Waals surface area contributed by atoms with E-state index in [9.17, 15) is 14.7 Å². The normalized spacial score (nSPS) is 22.9. The van der Waals surface area contributed by atoms with E-state index in [-0.39, 0.29) is 30.5 Å². The Morgan fingerprint density at radius 3 is 2.68 bits per heavy atom. The molecule has 1 fully saturated rings. The fourth-order valence-corrected chi connectivity index (χ4v) is 3.51. The zero-order chi connectivity index (χ0) is 17.5. The van der Waals surface area contributed by atoms with E-state index in [2.05, 4.69) is 4.98 Å². The molecule has 1 saturated heterocycles. The Labute approximate surface area is 153 Å². The van der Waals surface area contributed by atoms with Crippen LogP contribution in [0.2, 0.25) is 0 Å². The van der Waals surface area contributed by atoms with Gasteiger partial charge in [0.1, 0.15) is 11.4 Å². The molecular weight excluding hydrogens is 346 g/mol. The monoisotopic (exact) mass is 371 g/mol. The number of carboxylic acids is 1. The SMILES string of the molecule is CC(C)(C)OC(=O)N1CCCC1c1ncc2n1CC(C(=O)O)CC2.Cl. The third-order valence-corrected chi connectivity index (χ3v) is 4.65. The first kappa shape index (κ1) is 19.6. The van der Waals surface area contributed by atoms with E-state index < -0.39 is 11.6 Å². The zero-order valence-corrected chi connectivity index (χ0v) is 15.7. The molecule has 2 aliphatic rings. The van der Waals surface area contributed by atoms with Crippen LogP contribution >= 0.6 is 12.4 Å². The van der Waals surface area contributed by atoms with Crippen LogP contribution in [0.3, 0.4) is 0 Å². The Kier molecular flexibility index (Phi) is 5.66. The maximum Gasteiger partial charge on any atom is 0.410 e. The molecule has 0 aliphatic carbocycles. The molecule has 0 saturated carbocycles. The number of hydrogen-bond donors (Lipinski definition) is 1. The number of carbonyl (C=O) groups is 2. The second-order valence-corrected chi connectivity index (χ2v) is 7.62. The molecule has 3 rings (SSSR count). The lowest BCUT2D eigenvalue weighted by Gasteiger charge is -2.30. The van der Waals surface area contributed by atoms with Crippen LogP contribution in [-0.2, 0) is 22.5 Å². The minimum Gasteiger partial charge on any atom is -0.481 e. The van der Waals surface area contributed by atoms with E-state index in [4.69, 9.17) is 4.74 Å². The minimum atomic E-state index is -0.768. The van der Waals surface area contributed by atoms with Crippen LogP contribution in [0.1, 0.15) is 57.6 Å². The van der Waals surface area contributed by atoms with Crippen LogP contribution < -0.4 is 0 Å². The standard InChI is InChI=1S/C17H25N3O4.ClH/c1-17(2,3)24-16(23)19-8-4-5-13(19)14-18-9-12-7-6-11(15(21)22)10-20(12)14;/h9,11,13H,4-8,10H2,1-3H3,(H,21,22);1H. The lowest BCUT2D eigenvalue weighted by atomic mass is 9.98. The van der Waals surface area contributed by atoms with Crippen molar-refractivity contribution in [1.29, 1.82) is 0 Å². The summed E-state index contributed by atoms with van der Waals surface area (Å²) in [6, 6.07) is -0.138. The number of aromatic nitrogens is 2. The average molecular weight is 372 g/mol. The lowest BCUT2D eigenvalue weighted by molar-refractivity contribution is -0.142. The smallest absolute Gasteiger partial charge is 0.410 e. The summed E-state index contributed by atoms with van der Waals surface area (Å²) in [5, 5.41) is 9.31. The van der Waals surface area contributed by atoms with Crippen molar-refractivity contribution < 1.29 is 19.4 Å². The summed E-state index contributed by atoms with van der Waals surface area (Å²) in [6.45, 7) is 6.63. The highest BCUT2D eigenvalue weighted by atomic mass is 35.5. The molecule has 0 aromatic carbocycles. The van der Waals surface area contributed by atoms with Gasteiger partial charge in [0.05, 0.1) is 12.0 Å². The van der Waals surface area contributed by atoms with Gasteiger partial charge in [0.15, 0.2) is 0 Å². The summed E-state index contributed by atoms with van der Waals surface area (Å²) >= 11 is 0. The Bertz CT molecular complexity index is 653. The molecule has 2 atom stereocenters. The van der Waals surface area contributed by atoms with Gasteiger partial charge in [-0.2, -0.15) is 0 Å². The third kappa shape index (κ3) is 4.08. The maximum absolute atomic E-state index is 12.5. The Morgan fingerprint density at radius 1 is 1.32 bits per heavy atom. The summed E-state index contributed by atoms with van der Waals surface area (Å²) in [7, 11) is 0. The molecule has 1 amide bonds. The summed E-state index contributed by atoms with van der Waals surface area (Å²) in [4.78, 5) is 30.1. The second-order valence-electron chi connectivity index (χ2n) is 7.62. The summed E-state index contributed by atoms with van der Waals surface area (Å²) in [5.41, 5.74) is 0.517. The molecule has 3 heterocycles. The van der Waals surface area contributed by atoms with Crippen molar-refractivity contribution in [2.24, 2.45) is 5.92 Å². The number of carboxylic acid groups (broad SMARTS) is 1. The number of likely N-dealkylation sites (tertiary alicyclic amines) is 1. The van der Waals surface area contributed by atoms with Crippen LogP contribution in [0.4, 0.5) is 4.79 Å². The zero-order valence-electron chi connectivity index (χ0n) is 14.9. The molecule has 0 spiro atoms. The highest BCUT2D eigenvalue weighted by Gasteiger charge is 2.37. The number of hydrogen-bond acceptors (Lipinski definition) is 4. The summed E-state index contributed by atoms with van der Waals surface area (Å²) in [6.07, 6.45) is 4.57. The lowest BCUT2D eigenvalue weighted by Crippen LogP contribution is -2.38. The summed E-state index contributed by atoms with van der Waals surface area (Å²) in [5.74, 6) is -0.364. The molecule has 1 aromatic rings. The van der Waals surface area contributed by atoms with Crippen LogP contribution in [0.5, 0.6) is 0 Å². The van der Waals surface area contributed by atoms with Crippen molar-refractivity contribution in [3.63, 3.8) is 0 Å². The van der Waals surface area contributed by atoms with Gasteiger partial charge < -0.3 is 14.4 Å². The molecule has 1 N–H and O–H groups in total. The first-order valence-corrected chi connectivity index (χ1v) is 8.53. The van der Waals surface area contributed by atoms with Crippen molar-refractivity contribution in [3.8, 4) is 0 Å². The fraction of sp³-hybridized carbons (Fsp3) is 0.706. The number of ether oxygens (including phenoxy) is 1. The van der Waals surface area contributed by atoms with Crippen molar-refractivity contribution in [1.82, 2.24) is 14.5 Å². The minimum absolute atomic E-state index is 0. The topological polar surface area (TPSA) is 84.7 Å². The molecule has 2 aliphatic heterocycles. The number of halogens is 1. The van der Waals surface area contributed by atoms with Gasteiger partial charge in [-0.25, -0.2) is 9.78 Å². The number of amides is 1. The number of aliphatic carboxylic acids is 1. The van der Waals surface area contributed by atoms with Gasteiger partial charge in [-0.1, -0.05) is 0 Å². The Morgan fingerprint density at radius 2 is 2.04 bits per heavy atom. The molecule has 7 nitrogen and oxygen atoms in total. The molecule has 0 radical (unpaired) electrons.